The number of piperidine rings is 1. The van der Waals surface area contributed by atoms with Gasteiger partial charge in [0.05, 0.1) is 16.3 Å². The topological polar surface area (TPSA) is 85.6 Å². The summed E-state index contributed by atoms with van der Waals surface area (Å²) in [5.74, 6) is -0.955. The quantitative estimate of drug-likeness (QED) is 0.321. The van der Waals surface area contributed by atoms with Crippen LogP contribution < -0.4 is 5.32 Å². The molecule has 216 valence electrons. The van der Waals surface area contributed by atoms with Gasteiger partial charge in [-0.25, -0.2) is 14.8 Å². The van der Waals surface area contributed by atoms with Crippen molar-refractivity contribution in [2.24, 2.45) is 10.9 Å². The molecule has 1 aliphatic heterocycles. The molecular weight excluding hydrogens is 557 g/mol. The van der Waals surface area contributed by atoms with E-state index in [9.17, 15) is 22.8 Å². The fourth-order valence-corrected chi connectivity index (χ4v) is 5.89. The summed E-state index contributed by atoms with van der Waals surface area (Å²) in [6.07, 6.45) is 1.71. The maximum absolute atomic E-state index is 13.3. The maximum atomic E-state index is 13.3. The number of fused-ring (bicyclic) bond motifs is 1. The first-order valence-electron chi connectivity index (χ1n) is 13.4. The normalized spacial score (nSPS) is 21.4. The summed E-state index contributed by atoms with van der Waals surface area (Å²) in [4.78, 5) is 33.7. The number of carbonyl (C=O) groups is 2. The van der Waals surface area contributed by atoms with Gasteiger partial charge < -0.3 is 10.1 Å². The number of hydrogen-bond acceptors (Lipinski definition) is 5. The standard InChI is InChI=1S/C30H30ClF3N4O3/c1-28(2,3)41-27(40)38-14-6-10-23(38)19-8-4-7-18(15-19)22(29-16-20(29)9-5-12-37-29)17-36-26(39)25-24(31)21(11-13-35-25)30(32,33)34/h4,6-8,10-11,13-15,17,20,22,37H,5,9,12,16H2,1-3H3. The SMILES string of the molecule is CC(C)(C)OC(=O)n1cccc1-c1cccc(C(C=NC(=O)c2nccc(C(F)(F)F)c2Cl)C23CC2CCCN3)c1. The molecule has 7 nitrogen and oxygen atoms in total. The molecule has 5 rings (SSSR count). The van der Waals surface area contributed by atoms with Crippen molar-refractivity contribution in [3.05, 3.63) is 76.7 Å². The highest BCUT2D eigenvalue weighted by Crippen LogP contribution is 2.56. The van der Waals surface area contributed by atoms with Crippen molar-refractivity contribution in [3.8, 4) is 11.3 Å². The molecule has 41 heavy (non-hydrogen) atoms. The van der Waals surface area contributed by atoms with Gasteiger partial charge in [0.2, 0.25) is 0 Å². The average Bonchev–Trinajstić information content (AvgIpc) is 3.43. The van der Waals surface area contributed by atoms with Gasteiger partial charge in [0.15, 0.2) is 0 Å². The highest BCUT2D eigenvalue weighted by Gasteiger charge is 2.59. The third-order valence-electron chi connectivity index (χ3n) is 7.51. The van der Waals surface area contributed by atoms with Crippen LogP contribution in [0.2, 0.25) is 5.02 Å². The number of rotatable bonds is 5. The molecule has 1 aromatic carbocycles. The lowest BCUT2D eigenvalue weighted by Crippen LogP contribution is -2.43. The molecule has 11 heteroatoms. The van der Waals surface area contributed by atoms with Crippen LogP contribution >= 0.6 is 11.6 Å². The Hall–Kier alpha value is -3.50. The Labute approximate surface area is 240 Å². The number of hydrogen-bond donors (Lipinski definition) is 1. The lowest BCUT2D eigenvalue weighted by Gasteiger charge is -2.30. The molecule has 0 bridgehead atoms. The zero-order chi connectivity index (χ0) is 29.6. The average molecular weight is 587 g/mol. The van der Waals surface area contributed by atoms with E-state index < -0.39 is 40.1 Å². The Morgan fingerprint density at radius 2 is 2.00 bits per heavy atom. The number of alkyl halides is 3. The Morgan fingerprint density at radius 3 is 2.71 bits per heavy atom. The van der Waals surface area contributed by atoms with Crippen LogP contribution in [0.5, 0.6) is 0 Å². The van der Waals surface area contributed by atoms with E-state index in [-0.39, 0.29) is 11.5 Å². The summed E-state index contributed by atoms with van der Waals surface area (Å²) in [5.41, 5.74) is -0.459. The van der Waals surface area contributed by atoms with Crippen molar-refractivity contribution in [3.63, 3.8) is 0 Å². The van der Waals surface area contributed by atoms with Crippen LogP contribution in [-0.2, 0) is 10.9 Å². The maximum Gasteiger partial charge on any atom is 0.418 e. The molecule has 1 saturated carbocycles. The zero-order valence-electron chi connectivity index (χ0n) is 22.8. The molecule has 0 radical (unpaired) electrons. The molecule has 1 saturated heterocycles. The van der Waals surface area contributed by atoms with Crippen LogP contribution in [0.1, 0.15) is 67.6 Å². The molecule has 2 aliphatic rings. The van der Waals surface area contributed by atoms with E-state index >= 15 is 0 Å². The Morgan fingerprint density at radius 1 is 1.22 bits per heavy atom. The number of amides is 1. The lowest BCUT2D eigenvalue weighted by molar-refractivity contribution is -0.137. The van der Waals surface area contributed by atoms with Crippen molar-refractivity contribution >= 4 is 29.8 Å². The Balaban J connectivity index is 1.50. The van der Waals surface area contributed by atoms with Crippen molar-refractivity contribution in [1.82, 2.24) is 14.9 Å². The second-order valence-electron chi connectivity index (χ2n) is 11.5. The van der Waals surface area contributed by atoms with Gasteiger partial charge >= 0.3 is 12.3 Å². The van der Waals surface area contributed by atoms with E-state index in [1.807, 2.05) is 30.3 Å². The second-order valence-corrected chi connectivity index (χ2v) is 11.8. The number of aromatic nitrogens is 2. The van der Waals surface area contributed by atoms with Gasteiger partial charge in [0.25, 0.3) is 5.91 Å². The number of nitrogens with one attached hydrogen (secondary N) is 1. The van der Waals surface area contributed by atoms with E-state index in [2.05, 4.69) is 15.3 Å². The van der Waals surface area contributed by atoms with Crippen LogP contribution in [0.15, 0.2) is 59.9 Å². The Kier molecular flexibility index (Phi) is 7.59. The van der Waals surface area contributed by atoms with E-state index in [0.29, 0.717) is 11.6 Å². The largest absolute Gasteiger partial charge is 0.443 e. The van der Waals surface area contributed by atoms with Crippen LogP contribution in [0.25, 0.3) is 11.3 Å². The van der Waals surface area contributed by atoms with Gasteiger partial charge in [0.1, 0.15) is 11.3 Å². The molecule has 3 atom stereocenters. The number of halogens is 4. The molecular formula is C30H30ClF3N4O3. The number of nitrogens with zero attached hydrogens (tertiary/aromatic N) is 3. The first-order valence-corrected chi connectivity index (χ1v) is 13.7. The molecule has 1 N–H and O–H groups in total. The number of aliphatic imine (C=N–C) groups is 1. The van der Waals surface area contributed by atoms with Gasteiger partial charge in [-0.1, -0.05) is 29.8 Å². The van der Waals surface area contributed by atoms with Gasteiger partial charge in [-0.3, -0.25) is 9.36 Å². The van der Waals surface area contributed by atoms with Crippen LogP contribution in [0.3, 0.4) is 0 Å². The van der Waals surface area contributed by atoms with Gasteiger partial charge in [-0.15, -0.1) is 0 Å². The molecule has 1 aliphatic carbocycles. The summed E-state index contributed by atoms with van der Waals surface area (Å²) in [6.45, 7) is 6.19. The minimum Gasteiger partial charge on any atom is -0.443 e. The number of benzene rings is 1. The van der Waals surface area contributed by atoms with Gasteiger partial charge in [0, 0.05) is 30.1 Å². The second kappa shape index (κ2) is 10.7. The smallest absolute Gasteiger partial charge is 0.418 e. The molecule has 2 fully saturated rings. The summed E-state index contributed by atoms with van der Waals surface area (Å²) in [5, 5.41) is 2.83. The molecule has 1 amide bonds. The van der Waals surface area contributed by atoms with E-state index in [1.165, 1.54) is 10.8 Å². The predicted octanol–water partition coefficient (Wildman–Crippen LogP) is 7.14. The monoisotopic (exact) mass is 586 g/mol. The molecule has 2 aromatic heterocycles. The lowest BCUT2D eigenvalue weighted by atomic mass is 9.85. The van der Waals surface area contributed by atoms with Crippen molar-refractivity contribution < 1.29 is 27.5 Å². The summed E-state index contributed by atoms with van der Waals surface area (Å²) in [7, 11) is 0. The highest BCUT2D eigenvalue weighted by molar-refractivity contribution is 6.34. The van der Waals surface area contributed by atoms with E-state index in [1.54, 1.807) is 33.0 Å². The summed E-state index contributed by atoms with van der Waals surface area (Å²) >= 11 is 5.93. The minimum atomic E-state index is -4.73. The van der Waals surface area contributed by atoms with Crippen molar-refractivity contribution in [2.45, 2.75) is 63.3 Å². The third-order valence-corrected chi connectivity index (χ3v) is 7.89. The van der Waals surface area contributed by atoms with E-state index in [0.717, 1.165) is 49.2 Å². The molecule has 3 unspecified atom stereocenters. The van der Waals surface area contributed by atoms with Gasteiger partial charge in [-0.2, -0.15) is 13.2 Å². The fraction of sp³-hybridized carbons (Fsp3) is 0.400. The fourth-order valence-electron chi connectivity index (χ4n) is 5.59. The van der Waals surface area contributed by atoms with Gasteiger partial charge in [-0.05, 0) is 87.9 Å². The first-order chi connectivity index (χ1) is 19.3. The molecule has 0 spiro atoms. The Bertz CT molecular complexity index is 1510. The molecule has 3 heterocycles. The minimum absolute atomic E-state index is 0.334. The van der Waals surface area contributed by atoms with Crippen LogP contribution in [0, 0.1) is 5.92 Å². The number of ether oxygens (including phenoxy) is 1. The zero-order valence-corrected chi connectivity index (χ0v) is 23.6. The third kappa shape index (κ3) is 5.94. The summed E-state index contributed by atoms with van der Waals surface area (Å²) < 4.78 is 47.0. The van der Waals surface area contributed by atoms with Crippen LogP contribution in [-0.4, -0.2) is 45.5 Å². The van der Waals surface area contributed by atoms with Crippen LogP contribution in [0.4, 0.5) is 18.0 Å². The summed E-state index contributed by atoms with van der Waals surface area (Å²) in [6, 6.07) is 11.9. The van der Waals surface area contributed by atoms with E-state index in [4.69, 9.17) is 16.3 Å². The number of pyridine rings is 1. The number of carbonyl (C=O) groups excluding carboxylic acids is 2. The molecule has 3 aromatic rings. The first kappa shape index (κ1) is 29.0. The van der Waals surface area contributed by atoms with Crippen molar-refractivity contribution in [2.75, 3.05) is 6.54 Å². The predicted molar refractivity (Wildman–Crippen MR) is 149 cm³/mol. The highest BCUT2D eigenvalue weighted by atomic mass is 35.5. The van der Waals surface area contributed by atoms with Crippen molar-refractivity contribution in [1.29, 1.82) is 0 Å².